The number of benzene rings is 1. The van der Waals surface area contributed by atoms with Crippen LogP contribution in [0.15, 0.2) is 24.3 Å². The fraction of sp³-hybridized carbons (Fsp3) is 0.667. The van der Waals surface area contributed by atoms with E-state index in [2.05, 4.69) is 43.4 Å². The molecule has 112 valence electrons. The van der Waals surface area contributed by atoms with E-state index in [9.17, 15) is 0 Å². The lowest BCUT2D eigenvalue weighted by Crippen LogP contribution is -2.35. The Bertz CT molecular complexity index is 366. The van der Waals surface area contributed by atoms with E-state index in [1.165, 1.54) is 37.7 Å². The normalized spacial score (nSPS) is 22.7. The molecule has 2 heteroatoms. The van der Waals surface area contributed by atoms with Crippen LogP contribution in [0.2, 0.25) is 0 Å². The summed E-state index contributed by atoms with van der Waals surface area (Å²) in [6, 6.07) is 9.24. The molecule has 0 spiro atoms. The van der Waals surface area contributed by atoms with Gasteiger partial charge in [0.25, 0.3) is 0 Å². The van der Waals surface area contributed by atoms with Gasteiger partial charge in [-0.15, -0.1) is 0 Å². The van der Waals surface area contributed by atoms with Crippen LogP contribution in [0.3, 0.4) is 0 Å². The quantitative estimate of drug-likeness (QED) is 0.754. The minimum Gasteiger partial charge on any atom is -0.492 e. The molecule has 1 aliphatic carbocycles. The largest absolute Gasteiger partial charge is 0.492 e. The predicted octanol–water partition coefficient (Wildman–Crippen LogP) is 4.19. The first-order valence-corrected chi connectivity index (χ1v) is 8.23. The van der Waals surface area contributed by atoms with Gasteiger partial charge >= 0.3 is 0 Å². The van der Waals surface area contributed by atoms with Gasteiger partial charge in [-0.1, -0.05) is 32.4 Å². The van der Waals surface area contributed by atoms with Crippen LogP contribution in [0, 0.1) is 5.92 Å². The van der Waals surface area contributed by atoms with Crippen molar-refractivity contribution in [1.82, 2.24) is 5.32 Å². The van der Waals surface area contributed by atoms with E-state index in [0.29, 0.717) is 6.04 Å². The van der Waals surface area contributed by atoms with Crippen molar-refractivity contribution in [3.05, 3.63) is 29.8 Å². The van der Waals surface area contributed by atoms with Gasteiger partial charge in [0, 0.05) is 12.6 Å². The Morgan fingerprint density at radius 2 is 1.80 bits per heavy atom. The van der Waals surface area contributed by atoms with Gasteiger partial charge < -0.3 is 10.1 Å². The van der Waals surface area contributed by atoms with E-state index in [4.69, 9.17) is 4.74 Å². The molecule has 0 radical (unpaired) electrons. The average molecular weight is 275 g/mol. The summed E-state index contributed by atoms with van der Waals surface area (Å²) in [5.41, 5.74) is 1.40. The number of aryl methyl sites for hydroxylation is 1. The Morgan fingerprint density at radius 1 is 1.10 bits per heavy atom. The molecule has 0 atom stereocenters. The first-order valence-electron chi connectivity index (χ1n) is 8.23. The zero-order valence-electron chi connectivity index (χ0n) is 13.0. The minimum atomic E-state index is 0.710. The lowest BCUT2D eigenvalue weighted by Gasteiger charge is -2.27. The third kappa shape index (κ3) is 5.16. The van der Waals surface area contributed by atoms with Crippen molar-refractivity contribution >= 4 is 0 Å². The maximum Gasteiger partial charge on any atom is 0.119 e. The Hall–Kier alpha value is -1.02. The minimum absolute atomic E-state index is 0.710. The molecular weight excluding hydrogens is 246 g/mol. The van der Waals surface area contributed by atoms with E-state index in [1.54, 1.807) is 0 Å². The van der Waals surface area contributed by atoms with Crippen molar-refractivity contribution in [2.45, 2.75) is 58.4 Å². The molecule has 1 aromatic rings. The van der Waals surface area contributed by atoms with E-state index in [-0.39, 0.29) is 0 Å². The second-order valence-corrected chi connectivity index (χ2v) is 6.15. The number of nitrogens with one attached hydrogen (secondary N) is 1. The number of hydrogen-bond acceptors (Lipinski definition) is 2. The Labute approximate surface area is 123 Å². The molecule has 1 saturated carbocycles. The van der Waals surface area contributed by atoms with Crippen LogP contribution in [-0.2, 0) is 6.42 Å². The highest BCUT2D eigenvalue weighted by molar-refractivity contribution is 5.27. The standard InChI is InChI=1S/C18H29NO/c1-3-4-16-7-11-18(12-8-16)20-14-13-19-17-9-5-15(2)6-10-17/h7-8,11-12,15,17,19H,3-6,9-10,13-14H2,1-2H3. The molecule has 2 nitrogen and oxygen atoms in total. The van der Waals surface area contributed by atoms with E-state index < -0.39 is 0 Å². The van der Waals surface area contributed by atoms with Crippen LogP contribution < -0.4 is 10.1 Å². The molecule has 0 aliphatic heterocycles. The van der Waals surface area contributed by atoms with Crippen molar-refractivity contribution in [2.24, 2.45) is 5.92 Å². The van der Waals surface area contributed by atoms with Crippen molar-refractivity contribution in [1.29, 1.82) is 0 Å². The molecule has 1 N–H and O–H groups in total. The summed E-state index contributed by atoms with van der Waals surface area (Å²) < 4.78 is 5.79. The van der Waals surface area contributed by atoms with Gasteiger partial charge in [-0.2, -0.15) is 0 Å². The molecule has 0 heterocycles. The summed E-state index contributed by atoms with van der Waals surface area (Å²) >= 11 is 0. The van der Waals surface area contributed by atoms with Gasteiger partial charge in [-0.3, -0.25) is 0 Å². The van der Waals surface area contributed by atoms with Crippen molar-refractivity contribution < 1.29 is 4.74 Å². The van der Waals surface area contributed by atoms with Crippen LogP contribution in [0.1, 0.15) is 51.5 Å². The van der Waals surface area contributed by atoms with Crippen molar-refractivity contribution in [3.8, 4) is 5.75 Å². The van der Waals surface area contributed by atoms with Gasteiger partial charge in [-0.25, -0.2) is 0 Å². The predicted molar refractivity (Wildman–Crippen MR) is 85.4 cm³/mol. The molecule has 0 unspecified atom stereocenters. The van der Waals surface area contributed by atoms with Crippen LogP contribution in [0.25, 0.3) is 0 Å². The molecule has 0 amide bonds. The fourth-order valence-corrected chi connectivity index (χ4v) is 2.94. The van der Waals surface area contributed by atoms with Crippen LogP contribution >= 0.6 is 0 Å². The number of hydrogen-bond donors (Lipinski definition) is 1. The third-order valence-corrected chi connectivity index (χ3v) is 4.28. The molecule has 1 aliphatic rings. The first kappa shape index (κ1) is 15.4. The smallest absolute Gasteiger partial charge is 0.119 e. The zero-order chi connectivity index (χ0) is 14.2. The summed E-state index contributed by atoms with van der Waals surface area (Å²) in [7, 11) is 0. The topological polar surface area (TPSA) is 21.3 Å². The summed E-state index contributed by atoms with van der Waals surface area (Å²) in [6.07, 6.45) is 7.75. The average Bonchev–Trinajstić information content (AvgIpc) is 2.47. The lowest BCUT2D eigenvalue weighted by atomic mass is 9.87. The summed E-state index contributed by atoms with van der Waals surface area (Å²) in [5, 5.41) is 3.62. The van der Waals surface area contributed by atoms with Gasteiger partial charge in [0.1, 0.15) is 12.4 Å². The lowest BCUT2D eigenvalue weighted by molar-refractivity contribution is 0.270. The molecule has 1 fully saturated rings. The molecule has 20 heavy (non-hydrogen) atoms. The summed E-state index contributed by atoms with van der Waals surface area (Å²) in [6.45, 7) is 6.29. The molecule has 0 saturated heterocycles. The van der Waals surface area contributed by atoms with Crippen LogP contribution in [0.5, 0.6) is 5.75 Å². The highest BCUT2D eigenvalue weighted by atomic mass is 16.5. The maximum atomic E-state index is 5.79. The second-order valence-electron chi connectivity index (χ2n) is 6.15. The SMILES string of the molecule is CCCc1ccc(OCCNC2CCC(C)CC2)cc1. The summed E-state index contributed by atoms with van der Waals surface area (Å²) in [4.78, 5) is 0. The van der Waals surface area contributed by atoms with Gasteiger partial charge in [-0.05, 0) is 55.7 Å². The van der Waals surface area contributed by atoms with E-state index in [0.717, 1.165) is 31.2 Å². The second kappa shape index (κ2) is 8.31. The highest BCUT2D eigenvalue weighted by Gasteiger charge is 2.17. The molecular formula is C18H29NO. The first-order chi connectivity index (χ1) is 9.78. The molecule has 0 bridgehead atoms. The van der Waals surface area contributed by atoms with Gasteiger partial charge in [0.2, 0.25) is 0 Å². The van der Waals surface area contributed by atoms with Crippen LogP contribution in [0.4, 0.5) is 0 Å². The monoisotopic (exact) mass is 275 g/mol. The van der Waals surface area contributed by atoms with Gasteiger partial charge in [0.15, 0.2) is 0 Å². The Morgan fingerprint density at radius 3 is 2.45 bits per heavy atom. The molecule has 1 aromatic carbocycles. The van der Waals surface area contributed by atoms with Crippen molar-refractivity contribution in [3.63, 3.8) is 0 Å². The number of rotatable bonds is 7. The van der Waals surface area contributed by atoms with E-state index >= 15 is 0 Å². The molecule has 2 rings (SSSR count). The molecule has 0 aromatic heterocycles. The van der Waals surface area contributed by atoms with E-state index in [1.807, 2.05) is 0 Å². The van der Waals surface area contributed by atoms with Gasteiger partial charge in [0.05, 0.1) is 0 Å². The third-order valence-electron chi connectivity index (χ3n) is 4.28. The Kier molecular flexibility index (Phi) is 6.38. The highest BCUT2D eigenvalue weighted by Crippen LogP contribution is 2.23. The fourth-order valence-electron chi connectivity index (χ4n) is 2.94. The van der Waals surface area contributed by atoms with Crippen LogP contribution in [-0.4, -0.2) is 19.2 Å². The number of ether oxygens (including phenoxy) is 1. The summed E-state index contributed by atoms with van der Waals surface area (Å²) in [5.74, 6) is 1.91. The Balaban J connectivity index is 1.60. The van der Waals surface area contributed by atoms with Crippen molar-refractivity contribution in [2.75, 3.05) is 13.2 Å². The zero-order valence-corrected chi connectivity index (χ0v) is 13.0. The maximum absolute atomic E-state index is 5.79.